The van der Waals surface area contributed by atoms with E-state index >= 15 is 0 Å². The zero-order valence-electron chi connectivity index (χ0n) is 9.96. The summed E-state index contributed by atoms with van der Waals surface area (Å²) in [5, 5.41) is 0. The van der Waals surface area contributed by atoms with Crippen LogP contribution in [-0.2, 0) is 4.33 Å². The summed E-state index contributed by atoms with van der Waals surface area (Å²) < 4.78 is -5.89. The minimum Gasteiger partial charge on any atom is -0.0930 e. The van der Waals surface area contributed by atoms with Crippen LogP contribution in [0.15, 0.2) is 24.3 Å². The van der Waals surface area contributed by atoms with Crippen molar-refractivity contribution in [3.05, 3.63) is 41.3 Å². The van der Waals surface area contributed by atoms with E-state index in [0.29, 0.717) is 5.56 Å². The van der Waals surface area contributed by atoms with Crippen LogP contribution in [0, 0.1) is 5.92 Å². The van der Waals surface area contributed by atoms with Gasteiger partial charge < -0.3 is 0 Å². The van der Waals surface area contributed by atoms with Gasteiger partial charge in [0.2, 0.25) is 8.13 Å². The van der Waals surface area contributed by atoms with Crippen molar-refractivity contribution in [3.63, 3.8) is 0 Å². The zero-order valence-corrected chi connectivity index (χ0v) is 15.2. The summed E-state index contributed by atoms with van der Waals surface area (Å²) in [7, 11) is 0. The lowest BCUT2D eigenvalue weighted by Crippen LogP contribution is -2.45. The van der Waals surface area contributed by atoms with Crippen molar-refractivity contribution in [2.75, 3.05) is 0 Å². The third-order valence-corrected chi connectivity index (χ3v) is 6.48. The highest BCUT2D eigenvalue weighted by atomic mass is 35.6. The molecule has 0 aliphatic heterocycles. The first-order valence-electron chi connectivity index (χ1n) is 5.15. The van der Waals surface area contributed by atoms with E-state index in [1.165, 1.54) is 0 Å². The number of hydrogen-bond donors (Lipinski definition) is 0. The number of hydrogen-bond acceptors (Lipinski definition) is 0. The van der Waals surface area contributed by atoms with Gasteiger partial charge in [-0.15, -0.1) is 0 Å². The smallest absolute Gasteiger partial charge is 0.0930 e. The van der Waals surface area contributed by atoms with Crippen molar-refractivity contribution < 1.29 is 0 Å². The molecule has 0 amide bonds. The Morgan fingerprint density at radius 1 is 0.842 bits per heavy atom. The monoisotopic (exact) mass is 399 g/mol. The van der Waals surface area contributed by atoms with Crippen LogP contribution in [0.3, 0.4) is 0 Å². The van der Waals surface area contributed by atoms with Crippen LogP contribution in [0.1, 0.15) is 25.0 Å². The summed E-state index contributed by atoms with van der Waals surface area (Å²) >= 11 is 42.2. The number of alkyl halides is 7. The summed E-state index contributed by atoms with van der Waals surface area (Å²) in [6, 6.07) is 7.13. The van der Waals surface area contributed by atoms with Crippen molar-refractivity contribution in [1.29, 1.82) is 0 Å². The lowest BCUT2D eigenvalue weighted by molar-refractivity contribution is 0.693. The van der Waals surface area contributed by atoms with Gasteiger partial charge in [0.15, 0.2) is 4.33 Å². The highest BCUT2D eigenvalue weighted by Crippen LogP contribution is 2.61. The van der Waals surface area contributed by atoms with Crippen molar-refractivity contribution in [1.82, 2.24) is 0 Å². The molecule has 7 heteroatoms. The quantitative estimate of drug-likeness (QED) is 0.487. The third kappa shape index (κ3) is 3.54. The van der Waals surface area contributed by atoms with Crippen LogP contribution in [0.5, 0.6) is 0 Å². The average Bonchev–Trinajstić information content (AvgIpc) is 2.27. The van der Waals surface area contributed by atoms with E-state index in [1.54, 1.807) is 12.1 Å². The Bertz CT molecular complexity index is 446. The molecule has 0 nitrogen and oxygen atoms in total. The first-order valence-corrected chi connectivity index (χ1v) is 7.80. The molecule has 0 saturated heterocycles. The fourth-order valence-corrected chi connectivity index (χ4v) is 3.07. The Kier molecular flexibility index (Phi) is 5.94. The molecule has 0 spiro atoms. The molecule has 107 valence electrons. The van der Waals surface area contributed by atoms with Crippen LogP contribution in [0.2, 0.25) is 0 Å². The fourth-order valence-electron chi connectivity index (χ4n) is 1.54. The Hall–Kier alpha value is 1.25. The van der Waals surface area contributed by atoms with E-state index in [0.717, 1.165) is 11.5 Å². The number of halogens is 7. The average molecular weight is 402 g/mol. The van der Waals surface area contributed by atoms with Crippen LogP contribution in [0.4, 0.5) is 0 Å². The maximum Gasteiger partial charge on any atom is 0.226 e. The van der Waals surface area contributed by atoms with Gasteiger partial charge in [0.25, 0.3) is 0 Å². The molecule has 1 aromatic carbocycles. The van der Waals surface area contributed by atoms with Gasteiger partial charge in [0.05, 0.1) is 0 Å². The molecule has 0 saturated carbocycles. The lowest BCUT2D eigenvalue weighted by atomic mass is 9.94. The van der Waals surface area contributed by atoms with Gasteiger partial charge in [-0.05, 0) is 17.0 Å². The molecule has 0 fully saturated rings. The first-order chi connectivity index (χ1) is 8.43. The standard InChI is InChI=1S/C12H10Cl7/c1-7(2)8-5-3-4-6-9(8)10(13,14)11(15,16)12(17,18)19/h3-6H,1-2H3. The molecule has 0 aliphatic carbocycles. The molecule has 0 heterocycles. The number of rotatable bonds is 3. The second-order valence-corrected chi connectivity index (χ2v) is 9.13. The maximum absolute atomic E-state index is 6.32. The van der Waals surface area contributed by atoms with E-state index < -0.39 is 12.5 Å². The summed E-state index contributed by atoms with van der Waals surface area (Å²) in [4.78, 5) is 0. The molecule has 1 aromatic rings. The molecular weight excluding hydrogens is 392 g/mol. The van der Waals surface area contributed by atoms with Crippen molar-refractivity contribution in [2.45, 2.75) is 26.3 Å². The molecule has 0 bridgehead atoms. The SMILES string of the molecule is C[C](C)c1ccccc1C(Cl)(Cl)C(Cl)(Cl)C(Cl)(Cl)Cl. The minimum absolute atomic E-state index is 0.481. The largest absolute Gasteiger partial charge is 0.226 e. The second-order valence-electron chi connectivity index (χ2n) is 4.19. The molecule has 1 rings (SSSR count). The molecular formula is C12H10Cl7. The fraction of sp³-hybridized carbons (Fsp3) is 0.417. The highest BCUT2D eigenvalue weighted by Gasteiger charge is 2.61. The predicted octanol–water partition coefficient (Wildman–Crippen LogP) is 6.82. The van der Waals surface area contributed by atoms with Crippen LogP contribution in [-0.4, -0.2) is 8.13 Å². The second kappa shape index (κ2) is 6.16. The van der Waals surface area contributed by atoms with Crippen molar-refractivity contribution >= 4 is 81.2 Å². The Labute approximate surface area is 148 Å². The molecule has 19 heavy (non-hydrogen) atoms. The topological polar surface area (TPSA) is 0 Å². The van der Waals surface area contributed by atoms with Crippen LogP contribution >= 0.6 is 81.2 Å². The van der Waals surface area contributed by atoms with Crippen LogP contribution in [0.25, 0.3) is 0 Å². The van der Waals surface area contributed by atoms with E-state index in [1.807, 2.05) is 26.0 Å². The summed E-state index contributed by atoms with van der Waals surface area (Å²) in [5.74, 6) is 0.981. The zero-order chi connectivity index (χ0) is 15.1. The lowest BCUT2D eigenvalue weighted by Gasteiger charge is -2.39. The van der Waals surface area contributed by atoms with E-state index in [9.17, 15) is 0 Å². The third-order valence-electron chi connectivity index (χ3n) is 2.55. The molecule has 0 aliphatic rings. The Morgan fingerprint density at radius 2 is 1.32 bits per heavy atom. The van der Waals surface area contributed by atoms with Gasteiger partial charge in [0.1, 0.15) is 0 Å². The van der Waals surface area contributed by atoms with Gasteiger partial charge >= 0.3 is 0 Å². The summed E-state index contributed by atoms with van der Waals surface area (Å²) in [6.45, 7) is 3.81. The normalized spacial score (nSPS) is 14.0. The number of benzene rings is 1. The van der Waals surface area contributed by atoms with E-state index in [4.69, 9.17) is 81.2 Å². The van der Waals surface area contributed by atoms with Gasteiger partial charge in [-0.2, -0.15) is 0 Å². The minimum atomic E-state index is -2.06. The van der Waals surface area contributed by atoms with Crippen molar-refractivity contribution in [2.24, 2.45) is 0 Å². The van der Waals surface area contributed by atoms with Gasteiger partial charge in [-0.3, -0.25) is 0 Å². The van der Waals surface area contributed by atoms with Gasteiger partial charge in [0, 0.05) is 0 Å². The van der Waals surface area contributed by atoms with Crippen LogP contribution < -0.4 is 0 Å². The van der Waals surface area contributed by atoms with E-state index in [-0.39, 0.29) is 0 Å². The molecule has 1 radical (unpaired) electrons. The maximum atomic E-state index is 6.32. The summed E-state index contributed by atoms with van der Waals surface area (Å²) in [5.41, 5.74) is 1.28. The van der Waals surface area contributed by atoms with Gasteiger partial charge in [-0.25, -0.2) is 0 Å². The Morgan fingerprint density at radius 3 is 1.74 bits per heavy atom. The predicted molar refractivity (Wildman–Crippen MR) is 88.2 cm³/mol. The van der Waals surface area contributed by atoms with E-state index in [2.05, 4.69) is 0 Å². The molecule has 0 atom stereocenters. The highest BCUT2D eigenvalue weighted by molar-refractivity contribution is 6.78. The first kappa shape index (κ1) is 18.3. The van der Waals surface area contributed by atoms with Crippen molar-refractivity contribution in [3.8, 4) is 0 Å². The Balaban J connectivity index is 3.44. The molecule has 0 aromatic heterocycles. The van der Waals surface area contributed by atoms with Gasteiger partial charge in [-0.1, -0.05) is 119 Å². The molecule has 0 unspecified atom stereocenters. The summed E-state index contributed by atoms with van der Waals surface area (Å²) in [6.07, 6.45) is 0. The molecule has 0 N–H and O–H groups in total.